The van der Waals surface area contributed by atoms with E-state index in [-0.39, 0.29) is 12.2 Å². The summed E-state index contributed by atoms with van der Waals surface area (Å²) >= 11 is 0. The molecular weight excluding hydrogens is 174 g/mol. The van der Waals surface area contributed by atoms with Crippen molar-refractivity contribution < 1.29 is 4.79 Å². The summed E-state index contributed by atoms with van der Waals surface area (Å²) in [5.74, 6) is 2.33. The molecule has 0 fully saturated rings. The van der Waals surface area contributed by atoms with Crippen molar-refractivity contribution in [1.82, 2.24) is 0 Å². The molecule has 0 aliphatic rings. The second-order valence-corrected chi connectivity index (χ2v) is 3.04. The Balaban J connectivity index is 2.73. The van der Waals surface area contributed by atoms with Crippen molar-refractivity contribution in [1.29, 1.82) is 0 Å². The predicted octanol–water partition coefficient (Wildman–Crippen LogP) is 1.39. The van der Waals surface area contributed by atoms with Crippen LogP contribution in [0.3, 0.4) is 0 Å². The van der Waals surface area contributed by atoms with Crippen LogP contribution in [0.1, 0.15) is 22.3 Å². The van der Waals surface area contributed by atoms with Crippen molar-refractivity contribution in [2.45, 2.75) is 12.8 Å². The molecule has 0 aliphatic carbocycles. The minimum Gasteiger partial charge on any atom is -0.330 e. The summed E-state index contributed by atoms with van der Waals surface area (Å²) in [6, 6.07) is 7.42. The Labute approximate surface area is 84.1 Å². The molecule has 2 nitrogen and oxygen atoms in total. The van der Waals surface area contributed by atoms with Gasteiger partial charge in [-0.2, -0.15) is 0 Å². The second kappa shape index (κ2) is 5.21. The summed E-state index contributed by atoms with van der Waals surface area (Å²) in [4.78, 5) is 11.3. The van der Waals surface area contributed by atoms with E-state index in [1.54, 1.807) is 12.1 Å². The summed E-state index contributed by atoms with van der Waals surface area (Å²) in [6.07, 6.45) is 6.06. The Hall–Kier alpha value is -1.59. The molecule has 72 valence electrons. The first-order chi connectivity index (χ1) is 6.77. The Morgan fingerprint density at radius 1 is 1.36 bits per heavy atom. The number of ketones is 1. The van der Waals surface area contributed by atoms with Crippen LogP contribution in [0.15, 0.2) is 24.3 Å². The third-order valence-corrected chi connectivity index (χ3v) is 1.97. The molecule has 0 saturated carbocycles. The van der Waals surface area contributed by atoms with E-state index >= 15 is 0 Å². The van der Waals surface area contributed by atoms with E-state index in [0.29, 0.717) is 12.1 Å². The van der Waals surface area contributed by atoms with Crippen molar-refractivity contribution in [3.05, 3.63) is 35.4 Å². The highest BCUT2D eigenvalue weighted by Crippen LogP contribution is 2.06. The van der Waals surface area contributed by atoms with Gasteiger partial charge in [0.05, 0.1) is 6.42 Å². The summed E-state index contributed by atoms with van der Waals surface area (Å²) in [7, 11) is 0. The summed E-state index contributed by atoms with van der Waals surface area (Å²) in [6.45, 7) is 0.623. The Morgan fingerprint density at radius 3 is 2.50 bits per heavy atom. The van der Waals surface area contributed by atoms with Crippen molar-refractivity contribution >= 4 is 5.78 Å². The van der Waals surface area contributed by atoms with Gasteiger partial charge in [-0.3, -0.25) is 4.79 Å². The van der Waals surface area contributed by atoms with Gasteiger partial charge in [0.25, 0.3) is 0 Å². The van der Waals surface area contributed by atoms with Gasteiger partial charge >= 0.3 is 0 Å². The Kier molecular flexibility index (Phi) is 3.90. The number of carbonyl (C=O) groups is 1. The van der Waals surface area contributed by atoms with Gasteiger partial charge in [0.2, 0.25) is 0 Å². The van der Waals surface area contributed by atoms with E-state index in [1.165, 1.54) is 0 Å². The average Bonchev–Trinajstić information content (AvgIpc) is 2.20. The largest absolute Gasteiger partial charge is 0.330 e. The monoisotopic (exact) mass is 187 g/mol. The Morgan fingerprint density at radius 2 is 2.00 bits per heavy atom. The molecule has 0 unspecified atom stereocenters. The van der Waals surface area contributed by atoms with Gasteiger partial charge in [0, 0.05) is 5.56 Å². The molecule has 14 heavy (non-hydrogen) atoms. The van der Waals surface area contributed by atoms with Crippen LogP contribution >= 0.6 is 0 Å². The van der Waals surface area contributed by atoms with Crippen LogP contribution in [0.25, 0.3) is 0 Å². The van der Waals surface area contributed by atoms with Crippen molar-refractivity contribution in [2.24, 2.45) is 5.73 Å². The van der Waals surface area contributed by atoms with Crippen molar-refractivity contribution in [3.63, 3.8) is 0 Å². The lowest BCUT2D eigenvalue weighted by molar-refractivity contribution is 0.0998. The maximum Gasteiger partial charge on any atom is 0.174 e. The smallest absolute Gasteiger partial charge is 0.174 e. The number of nitrogens with two attached hydrogens (primary N) is 1. The fraction of sp³-hybridized carbons (Fsp3) is 0.250. The van der Waals surface area contributed by atoms with Crippen LogP contribution < -0.4 is 5.73 Å². The highest BCUT2D eigenvalue weighted by Gasteiger charge is 2.02. The van der Waals surface area contributed by atoms with Crippen LogP contribution in [0, 0.1) is 12.3 Å². The molecule has 0 radical (unpaired) electrons. The third kappa shape index (κ3) is 2.72. The maximum atomic E-state index is 11.3. The van der Waals surface area contributed by atoms with Crippen molar-refractivity contribution in [3.8, 4) is 12.3 Å². The van der Waals surface area contributed by atoms with Crippen LogP contribution in [-0.4, -0.2) is 12.3 Å². The number of benzene rings is 1. The summed E-state index contributed by atoms with van der Waals surface area (Å²) < 4.78 is 0. The molecule has 0 spiro atoms. The molecule has 1 rings (SSSR count). The topological polar surface area (TPSA) is 43.1 Å². The van der Waals surface area contributed by atoms with Gasteiger partial charge in [-0.1, -0.05) is 30.2 Å². The molecule has 0 atom stereocenters. The van der Waals surface area contributed by atoms with Gasteiger partial charge in [0.1, 0.15) is 0 Å². The van der Waals surface area contributed by atoms with Crippen LogP contribution in [0.2, 0.25) is 0 Å². The second-order valence-electron chi connectivity index (χ2n) is 3.04. The minimum atomic E-state index is -0.00759. The van der Waals surface area contributed by atoms with E-state index in [2.05, 4.69) is 5.92 Å². The van der Waals surface area contributed by atoms with Gasteiger partial charge in [0.15, 0.2) is 5.78 Å². The third-order valence-electron chi connectivity index (χ3n) is 1.97. The first-order valence-corrected chi connectivity index (χ1v) is 4.53. The summed E-state index contributed by atoms with van der Waals surface area (Å²) in [5.41, 5.74) is 7.23. The maximum absolute atomic E-state index is 11.3. The van der Waals surface area contributed by atoms with E-state index in [1.807, 2.05) is 12.1 Å². The number of carbonyl (C=O) groups excluding carboxylic acids is 1. The zero-order valence-corrected chi connectivity index (χ0v) is 7.99. The van der Waals surface area contributed by atoms with Crippen LogP contribution in [0.4, 0.5) is 0 Å². The van der Waals surface area contributed by atoms with Gasteiger partial charge < -0.3 is 5.73 Å². The number of terminal acetylenes is 1. The fourth-order valence-electron chi connectivity index (χ4n) is 1.22. The lowest BCUT2D eigenvalue weighted by atomic mass is 10.1. The lowest BCUT2D eigenvalue weighted by Crippen LogP contribution is -2.03. The Bertz CT molecular complexity index is 346. The SMILES string of the molecule is C#CCC(=O)c1ccc(CCN)cc1. The molecule has 0 aliphatic heterocycles. The van der Waals surface area contributed by atoms with Gasteiger partial charge in [-0.05, 0) is 18.5 Å². The number of Topliss-reactive ketones (excluding diaryl/α,β-unsaturated/α-hetero) is 1. The molecule has 0 amide bonds. The molecular formula is C12H13NO. The number of hydrogen-bond acceptors (Lipinski definition) is 2. The van der Waals surface area contributed by atoms with Crippen LogP contribution in [-0.2, 0) is 6.42 Å². The van der Waals surface area contributed by atoms with Gasteiger partial charge in [-0.25, -0.2) is 0 Å². The van der Waals surface area contributed by atoms with E-state index < -0.39 is 0 Å². The fourth-order valence-corrected chi connectivity index (χ4v) is 1.22. The molecule has 2 N–H and O–H groups in total. The average molecular weight is 187 g/mol. The number of rotatable bonds is 4. The minimum absolute atomic E-state index is 0.00759. The normalized spacial score (nSPS) is 9.43. The molecule has 0 saturated heterocycles. The first kappa shape index (κ1) is 10.5. The van der Waals surface area contributed by atoms with E-state index in [9.17, 15) is 4.79 Å². The molecule has 1 aromatic carbocycles. The standard InChI is InChI=1S/C12H13NO/c1-2-3-12(14)11-6-4-10(5-7-11)8-9-13/h1,4-7H,3,8-9,13H2. The molecule has 0 aromatic heterocycles. The molecule has 0 heterocycles. The molecule has 0 bridgehead atoms. The summed E-state index contributed by atoms with van der Waals surface area (Å²) in [5, 5.41) is 0. The highest BCUT2D eigenvalue weighted by atomic mass is 16.1. The zero-order chi connectivity index (χ0) is 10.4. The van der Waals surface area contributed by atoms with E-state index in [0.717, 1.165) is 12.0 Å². The zero-order valence-electron chi connectivity index (χ0n) is 7.99. The highest BCUT2D eigenvalue weighted by molar-refractivity contribution is 5.97. The predicted molar refractivity (Wildman–Crippen MR) is 57.0 cm³/mol. The van der Waals surface area contributed by atoms with Crippen LogP contribution in [0.5, 0.6) is 0 Å². The molecule has 1 aromatic rings. The van der Waals surface area contributed by atoms with Crippen molar-refractivity contribution in [2.75, 3.05) is 6.54 Å². The van der Waals surface area contributed by atoms with E-state index in [4.69, 9.17) is 12.2 Å². The molecule has 2 heteroatoms. The lowest BCUT2D eigenvalue weighted by Gasteiger charge is -2.00. The van der Waals surface area contributed by atoms with Gasteiger partial charge in [-0.15, -0.1) is 6.42 Å². The first-order valence-electron chi connectivity index (χ1n) is 4.53. The quantitative estimate of drug-likeness (QED) is 0.572. The number of hydrogen-bond donors (Lipinski definition) is 1.